The van der Waals surface area contributed by atoms with Crippen molar-refractivity contribution in [3.8, 4) is 0 Å². The first-order valence-electron chi connectivity index (χ1n) is 9.14. The third kappa shape index (κ3) is 4.25. The van der Waals surface area contributed by atoms with Gasteiger partial charge in [0.15, 0.2) is 0 Å². The number of hydrogen-bond acceptors (Lipinski definition) is 3. The average Bonchev–Trinajstić information content (AvgIpc) is 3.22. The quantitative estimate of drug-likeness (QED) is 0.823. The smallest absolute Gasteiger partial charge is 0.218 e. The highest BCUT2D eigenvalue weighted by Gasteiger charge is 2.25. The molecule has 2 aromatic rings. The van der Waals surface area contributed by atoms with Gasteiger partial charge in [0.05, 0.1) is 5.75 Å². The molecule has 1 aliphatic heterocycles. The molecule has 1 aromatic heterocycles. The number of nitrogens with zero attached hydrogens (tertiary/aromatic N) is 2. The first-order valence-corrected chi connectivity index (χ1v) is 10.7. The van der Waals surface area contributed by atoms with Crippen molar-refractivity contribution in [2.24, 2.45) is 0 Å². The zero-order valence-corrected chi connectivity index (χ0v) is 16.3. The van der Waals surface area contributed by atoms with E-state index in [1.807, 2.05) is 18.2 Å². The molecule has 6 heteroatoms. The molecule has 1 saturated heterocycles. The SMILES string of the molecule is CC(C)N(C)CCc1c[nH]c2ccc(CS(=O)(=O)N3CCCC3)cc12. The van der Waals surface area contributed by atoms with Crippen LogP contribution in [0.25, 0.3) is 10.9 Å². The Morgan fingerprint density at radius 3 is 2.64 bits per heavy atom. The Bertz CT molecular complexity index is 820. The predicted molar refractivity (Wildman–Crippen MR) is 103 cm³/mol. The second kappa shape index (κ2) is 7.48. The summed E-state index contributed by atoms with van der Waals surface area (Å²) in [6, 6.07) is 6.49. The second-order valence-electron chi connectivity index (χ2n) is 7.38. The van der Waals surface area contributed by atoms with Crippen molar-refractivity contribution < 1.29 is 8.42 Å². The minimum Gasteiger partial charge on any atom is -0.361 e. The molecule has 5 nitrogen and oxygen atoms in total. The number of benzene rings is 1. The lowest BCUT2D eigenvalue weighted by molar-refractivity contribution is 0.278. The summed E-state index contributed by atoms with van der Waals surface area (Å²) in [7, 11) is -1.07. The lowest BCUT2D eigenvalue weighted by atomic mass is 10.1. The fourth-order valence-electron chi connectivity index (χ4n) is 3.35. The molecule has 0 bridgehead atoms. The third-order valence-corrected chi connectivity index (χ3v) is 7.10. The van der Waals surface area contributed by atoms with E-state index in [0.29, 0.717) is 19.1 Å². The summed E-state index contributed by atoms with van der Waals surface area (Å²) in [4.78, 5) is 5.63. The van der Waals surface area contributed by atoms with Gasteiger partial charge in [-0.3, -0.25) is 0 Å². The third-order valence-electron chi connectivity index (χ3n) is 5.25. The maximum absolute atomic E-state index is 12.6. The Kier molecular flexibility index (Phi) is 5.51. The lowest BCUT2D eigenvalue weighted by Gasteiger charge is -2.20. The minimum absolute atomic E-state index is 0.0967. The molecule has 25 heavy (non-hydrogen) atoms. The molecule has 0 unspecified atom stereocenters. The topological polar surface area (TPSA) is 56.4 Å². The van der Waals surface area contributed by atoms with Gasteiger partial charge in [-0.1, -0.05) is 6.07 Å². The fraction of sp³-hybridized carbons (Fsp3) is 0.579. The number of likely N-dealkylation sites (N-methyl/N-ethyl adjacent to an activating group) is 1. The van der Waals surface area contributed by atoms with Crippen molar-refractivity contribution in [1.29, 1.82) is 0 Å². The molecule has 0 radical (unpaired) electrons. The molecule has 0 saturated carbocycles. The zero-order chi connectivity index (χ0) is 18.0. The van der Waals surface area contributed by atoms with Gasteiger partial charge in [-0.05, 0) is 63.4 Å². The van der Waals surface area contributed by atoms with E-state index in [4.69, 9.17) is 0 Å². The highest BCUT2D eigenvalue weighted by atomic mass is 32.2. The largest absolute Gasteiger partial charge is 0.361 e. The van der Waals surface area contributed by atoms with E-state index in [-0.39, 0.29) is 5.75 Å². The predicted octanol–water partition coefficient (Wildman–Crippen LogP) is 2.98. The van der Waals surface area contributed by atoms with Gasteiger partial charge in [-0.25, -0.2) is 12.7 Å². The molecular weight excluding hydrogens is 334 g/mol. The molecule has 1 N–H and O–H groups in total. The van der Waals surface area contributed by atoms with Gasteiger partial charge in [0.1, 0.15) is 0 Å². The zero-order valence-electron chi connectivity index (χ0n) is 15.5. The van der Waals surface area contributed by atoms with Crippen molar-refractivity contribution in [3.05, 3.63) is 35.5 Å². The number of aromatic amines is 1. The van der Waals surface area contributed by atoms with Gasteiger partial charge in [0.2, 0.25) is 10.0 Å². The Balaban J connectivity index is 1.78. The van der Waals surface area contributed by atoms with E-state index in [9.17, 15) is 8.42 Å². The summed E-state index contributed by atoms with van der Waals surface area (Å²) < 4.78 is 26.8. The van der Waals surface area contributed by atoms with Crippen molar-refractivity contribution in [3.63, 3.8) is 0 Å². The van der Waals surface area contributed by atoms with Crippen molar-refractivity contribution in [2.45, 2.75) is 44.9 Å². The number of nitrogens with one attached hydrogen (secondary N) is 1. The van der Waals surface area contributed by atoms with Crippen LogP contribution in [0.5, 0.6) is 0 Å². The number of aromatic nitrogens is 1. The average molecular weight is 364 g/mol. The molecule has 2 heterocycles. The van der Waals surface area contributed by atoms with Crippen molar-refractivity contribution in [2.75, 3.05) is 26.7 Å². The molecule has 138 valence electrons. The normalized spacial score (nSPS) is 16.5. The molecule has 0 spiro atoms. The van der Waals surface area contributed by atoms with E-state index in [0.717, 1.165) is 42.3 Å². The highest BCUT2D eigenvalue weighted by molar-refractivity contribution is 7.88. The summed E-state index contributed by atoms with van der Waals surface area (Å²) in [5, 5.41) is 1.14. The lowest BCUT2D eigenvalue weighted by Crippen LogP contribution is -2.29. The molecule has 0 atom stereocenters. The van der Waals surface area contributed by atoms with Crippen LogP contribution in [0.4, 0.5) is 0 Å². The number of sulfonamides is 1. The van der Waals surface area contributed by atoms with Gasteiger partial charge in [-0.15, -0.1) is 0 Å². The standard InChI is InChI=1S/C19H29N3O2S/c1-15(2)21(3)11-8-17-13-20-19-7-6-16(12-18(17)19)14-25(23,24)22-9-4-5-10-22/h6-7,12-13,15,20H,4-5,8-11,14H2,1-3H3. The van der Waals surface area contributed by atoms with Crippen molar-refractivity contribution >= 4 is 20.9 Å². The molecule has 1 aliphatic rings. The maximum Gasteiger partial charge on any atom is 0.218 e. The van der Waals surface area contributed by atoms with E-state index >= 15 is 0 Å². The first-order chi connectivity index (χ1) is 11.9. The van der Waals surface area contributed by atoms with E-state index in [2.05, 4.69) is 37.0 Å². The highest BCUT2D eigenvalue weighted by Crippen LogP contribution is 2.23. The first kappa shape index (κ1) is 18.4. The summed E-state index contributed by atoms with van der Waals surface area (Å²) in [6.07, 6.45) is 4.96. The molecule has 1 aromatic carbocycles. The number of fused-ring (bicyclic) bond motifs is 1. The van der Waals surface area contributed by atoms with E-state index in [1.54, 1.807) is 4.31 Å². The van der Waals surface area contributed by atoms with Crippen LogP contribution >= 0.6 is 0 Å². The van der Waals surface area contributed by atoms with Crippen LogP contribution in [0, 0.1) is 0 Å². The Hall–Kier alpha value is -1.37. The Morgan fingerprint density at radius 1 is 1.24 bits per heavy atom. The number of hydrogen-bond donors (Lipinski definition) is 1. The Labute approximate surface area is 151 Å². The molecule has 1 fully saturated rings. The van der Waals surface area contributed by atoms with E-state index in [1.165, 1.54) is 5.56 Å². The van der Waals surface area contributed by atoms with Crippen LogP contribution in [0.2, 0.25) is 0 Å². The fourth-order valence-corrected chi connectivity index (χ4v) is 4.94. The summed E-state index contributed by atoms with van der Waals surface area (Å²) >= 11 is 0. The van der Waals surface area contributed by atoms with Gasteiger partial charge in [0.25, 0.3) is 0 Å². The van der Waals surface area contributed by atoms with Gasteiger partial charge in [-0.2, -0.15) is 0 Å². The van der Waals surface area contributed by atoms with Crippen LogP contribution in [0.1, 0.15) is 37.8 Å². The Morgan fingerprint density at radius 2 is 1.96 bits per heavy atom. The number of H-pyrrole nitrogens is 1. The van der Waals surface area contributed by atoms with Gasteiger partial charge in [0, 0.05) is 42.8 Å². The molecule has 0 aliphatic carbocycles. The summed E-state index contributed by atoms with van der Waals surface area (Å²) in [6.45, 7) is 6.71. The summed E-state index contributed by atoms with van der Waals surface area (Å²) in [5.74, 6) is 0.0967. The van der Waals surface area contributed by atoms with Crippen LogP contribution < -0.4 is 0 Å². The van der Waals surface area contributed by atoms with Crippen LogP contribution in [-0.4, -0.2) is 55.3 Å². The molecular formula is C19H29N3O2S. The molecule has 0 amide bonds. The van der Waals surface area contributed by atoms with Crippen molar-refractivity contribution in [1.82, 2.24) is 14.2 Å². The maximum atomic E-state index is 12.6. The summed E-state index contributed by atoms with van der Waals surface area (Å²) in [5.41, 5.74) is 3.20. The van der Waals surface area contributed by atoms with Gasteiger partial charge >= 0.3 is 0 Å². The van der Waals surface area contributed by atoms with Crippen LogP contribution in [0.3, 0.4) is 0 Å². The monoisotopic (exact) mass is 363 g/mol. The number of rotatable bonds is 7. The van der Waals surface area contributed by atoms with Crippen LogP contribution in [-0.2, 0) is 22.2 Å². The second-order valence-corrected chi connectivity index (χ2v) is 9.35. The molecule has 3 rings (SSSR count). The minimum atomic E-state index is -3.20. The van der Waals surface area contributed by atoms with Gasteiger partial charge < -0.3 is 9.88 Å². The van der Waals surface area contributed by atoms with Crippen LogP contribution in [0.15, 0.2) is 24.4 Å². The van der Waals surface area contributed by atoms with E-state index < -0.39 is 10.0 Å².